The van der Waals surface area contributed by atoms with Crippen molar-refractivity contribution in [2.75, 3.05) is 6.54 Å². The zero-order valence-electron chi connectivity index (χ0n) is 14.3. The highest BCUT2D eigenvalue weighted by atomic mass is 16.2. The number of nitrogens with two attached hydrogens (primary N) is 1. The molecule has 22 heavy (non-hydrogen) atoms. The monoisotopic (exact) mass is 305 g/mol. The predicted molar refractivity (Wildman–Crippen MR) is 89.3 cm³/mol. The number of hydrogen-bond acceptors (Lipinski definition) is 3. The fourth-order valence-corrected chi connectivity index (χ4v) is 4.30. The summed E-state index contributed by atoms with van der Waals surface area (Å²) in [5, 5.41) is 0. The van der Waals surface area contributed by atoms with Gasteiger partial charge >= 0.3 is 0 Å². The Morgan fingerprint density at radius 2 is 2.09 bits per heavy atom. The summed E-state index contributed by atoms with van der Waals surface area (Å²) >= 11 is 0. The molecule has 124 valence electrons. The molecule has 2 rings (SSSR count). The number of hydrogen-bond donors (Lipinski definition) is 1. The highest BCUT2D eigenvalue weighted by molar-refractivity contribution is 6.06. The van der Waals surface area contributed by atoms with Crippen molar-refractivity contribution >= 4 is 11.6 Å². The topological polar surface area (TPSA) is 60.2 Å². The van der Waals surface area contributed by atoms with E-state index in [1.54, 1.807) is 0 Å². The molecule has 0 heterocycles. The third kappa shape index (κ3) is 3.68. The van der Waals surface area contributed by atoms with Gasteiger partial charge in [-0.25, -0.2) is 0 Å². The van der Waals surface area contributed by atoms with Crippen LogP contribution in [0.5, 0.6) is 0 Å². The molecule has 3 heteroatoms. The van der Waals surface area contributed by atoms with Crippen LogP contribution in [-0.4, -0.2) is 18.1 Å². The number of carbonyl (C=O) groups is 2. The molecule has 1 fully saturated rings. The molecule has 0 bridgehead atoms. The second-order valence-electron chi connectivity index (χ2n) is 7.65. The van der Waals surface area contributed by atoms with E-state index in [0.717, 1.165) is 19.3 Å². The van der Waals surface area contributed by atoms with E-state index in [2.05, 4.69) is 20.8 Å². The zero-order valence-corrected chi connectivity index (χ0v) is 14.3. The maximum Gasteiger partial charge on any atom is 0.150 e. The van der Waals surface area contributed by atoms with Gasteiger partial charge in [-0.3, -0.25) is 9.59 Å². The van der Waals surface area contributed by atoms with Crippen molar-refractivity contribution in [3.05, 3.63) is 12.2 Å². The van der Waals surface area contributed by atoms with Crippen molar-refractivity contribution < 1.29 is 9.59 Å². The van der Waals surface area contributed by atoms with Crippen LogP contribution in [0.3, 0.4) is 0 Å². The summed E-state index contributed by atoms with van der Waals surface area (Å²) in [5.41, 5.74) is 5.60. The Balaban J connectivity index is 2.15. The van der Waals surface area contributed by atoms with Crippen molar-refractivity contribution in [1.82, 2.24) is 0 Å². The minimum atomic E-state index is -0.512. The second kappa shape index (κ2) is 7.54. The number of ketones is 2. The molecule has 2 aliphatic carbocycles. The van der Waals surface area contributed by atoms with Crippen LogP contribution < -0.4 is 5.73 Å². The minimum Gasteiger partial charge on any atom is -0.330 e. The average molecular weight is 305 g/mol. The fourth-order valence-electron chi connectivity index (χ4n) is 4.30. The molecule has 0 radical (unpaired) electrons. The lowest BCUT2D eigenvalue weighted by atomic mass is 9.65. The van der Waals surface area contributed by atoms with E-state index in [4.69, 9.17) is 5.73 Å². The summed E-state index contributed by atoms with van der Waals surface area (Å²) in [5.74, 6) is 1.30. The fraction of sp³-hybridized carbons (Fsp3) is 0.789. The van der Waals surface area contributed by atoms with Crippen LogP contribution in [0, 0.1) is 35.5 Å². The highest BCUT2D eigenvalue weighted by Gasteiger charge is 2.41. The summed E-state index contributed by atoms with van der Waals surface area (Å²) in [4.78, 5) is 25.7. The maximum absolute atomic E-state index is 13.1. The van der Waals surface area contributed by atoms with Gasteiger partial charge in [0.15, 0.2) is 11.6 Å². The number of Topliss-reactive ketones (excluding diaryl/α,β-unsaturated/α-hetero) is 2. The smallest absolute Gasteiger partial charge is 0.150 e. The van der Waals surface area contributed by atoms with Crippen molar-refractivity contribution in [1.29, 1.82) is 0 Å². The molecule has 0 saturated heterocycles. The molecule has 3 nitrogen and oxygen atoms in total. The SMILES string of the molecule is CC1CCC(C(C)C)C(C(=O)C2C=CCC(CCN)C2=O)C1. The Bertz CT molecular complexity index is 441. The van der Waals surface area contributed by atoms with Crippen LogP contribution in [0.15, 0.2) is 12.2 Å². The Labute approximate surface area is 134 Å². The first kappa shape index (κ1) is 17.4. The quantitative estimate of drug-likeness (QED) is 0.626. The van der Waals surface area contributed by atoms with Crippen LogP contribution in [0.25, 0.3) is 0 Å². The first-order chi connectivity index (χ1) is 10.5. The van der Waals surface area contributed by atoms with E-state index in [0.29, 0.717) is 30.7 Å². The normalized spacial score (nSPS) is 35.9. The van der Waals surface area contributed by atoms with E-state index in [-0.39, 0.29) is 23.4 Å². The molecule has 0 aromatic rings. The molecular formula is C19H31NO2. The molecule has 0 amide bonds. The molecule has 2 aliphatic rings. The molecule has 5 unspecified atom stereocenters. The van der Waals surface area contributed by atoms with Crippen LogP contribution in [0.1, 0.15) is 52.9 Å². The number of allylic oxidation sites excluding steroid dienone is 2. The van der Waals surface area contributed by atoms with Gasteiger partial charge in [0.2, 0.25) is 0 Å². The van der Waals surface area contributed by atoms with E-state index < -0.39 is 5.92 Å². The minimum absolute atomic E-state index is 0.0533. The van der Waals surface area contributed by atoms with Crippen LogP contribution in [-0.2, 0) is 9.59 Å². The molecule has 1 saturated carbocycles. The van der Waals surface area contributed by atoms with Crippen LogP contribution in [0.2, 0.25) is 0 Å². The second-order valence-corrected chi connectivity index (χ2v) is 7.65. The number of carbonyl (C=O) groups excluding carboxylic acids is 2. The molecular weight excluding hydrogens is 274 g/mol. The largest absolute Gasteiger partial charge is 0.330 e. The maximum atomic E-state index is 13.1. The predicted octanol–water partition coefficient (Wildman–Crippen LogP) is 3.37. The lowest BCUT2D eigenvalue weighted by Crippen LogP contribution is -2.41. The molecule has 0 spiro atoms. The third-order valence-corrected chi connectivity index (χ3v) is 5.67. The van der Waals surface area contributed by atoms with Gasteiger partial charge in [0.25, 0.3) is 0 Å². The summed E-state index contributed by atoms with van der Waals surface area (Å²) in [7, 11) is 0. The van der Waals surface area contributed by atoms with Gasteiger partial charge in [0, 0.05) is 11.8 Å². The molecule has 0 aromatic heterocycles. The van der Waals surface area contributed by atoms with Crippen LogP contribution >= 0.6 is 0 Å². The standard InChI is InChI=1S/C19H31NO2/c1-12(2)15-8-7-13(3)11-17(15)19(22)16-6-4-5-14(9-10-20)18(16)21/h4,6,12-17H,5,7-11,20H2,1-3H3. The van der Waals surface area contributed by atoms with Gasteiger partial charge in [-0.05, 0) is 50.0 Å². The van der Waals surface area contributed by atoms with Crippen molar-refractivity contribution in [3.8, 4) is 0 Å². The highest BCUT2D eigenvalue weighted by Crippen LogP contribution is 2.40. The van der Waals surface area contributed by atoms with E-state index >= 15 is 0 Å². The Kier molecular flexibility index (Phi) is 5.96. The molecule has 2 N–H and O–H groups in total. The van der Waals surface area contributed by atoms with E-state index in [1.165, 1.54) is 6.42 Å². The van der Waals surface area contributed by atoms with E-state index in [9.17, 15) is 9.59 Å². The van der Waals surface area contributed by atoms with Crippen molar-refractivity contribution in [2.45, 2.75) is 52.9 Å². The Hall–Kier alpha value is -0.960. The lowest BCUT2D eigenvalue weighted by molar-refractivity contribution is -0.138. The Morgan fingerprint density at radius 1 is 1.36 bits per heavy atom. The molecule has 0 aromatic carbocycles. The third-order valence-electron chi connectivity index (χ3n) is 5.67. The van der Waals surface area contributed by atoms with Gasteiger partial charge in [-0.2, -0.15) is 0 Å². The summed E-state index contributed by atoms with van der Waals surface area (Å²) < 4.78 is 0. The average Bonchev–Trinajstić information content (AvgIpc) is 2.48. The molecule has 5 atom stereocenters. The first-order valence-electron chi connectivity index (χ1n) is 8.89. The van der Waals surface area contributed by atoms with Gasteiger partial charge in [-0.1, -0.05) is 39.3 Å². The van der Waals surface area contributed by atoms with Crippen molar-refractivity contribution in [2.24, 2.45) is 41.2 Å². The van der Waals surface area contributed by atoms with E-state index in [1.807, 2.05) is 12.2 Å². The van der Waals surface area contributed by atoms with Gasteiger partial charge < -0.3 is 5.73 Å². The first-order valence-corrected chi connectivity index (χ1v) is 8.89. The van der Waals surface area contributed by atoms with Crippen LogP contribution in [0.4, 0.5) is 0 Å². The summed E-state index contributed by atoms with van der Waals surface area (Å²) in [6.07, 6.45) is 8.58. The lowest BCUT2D eigenvalue weighted by Gasteiger charge is -2.38. The van der Waals surface area contributed by atoms with Gasteiger partial charge in [0.05, 0.1) is 5.92 Å². The number of rotatable bonds is 5. The molecule has 0 aliphatic heterocycles. The zero-order chi connectivity index (χ0) is 16.3. The van der Waals surface area contributed by atoms with Crippen molar-refractivity contribution in [3.63, 3.8) is 0 Å². The summed E-state index contributed by atoms with van der Waals surface area (Å²) in [6.45, 7) is 7.15. The van der Waals surface area contributed by atoms with Gasteiger partial charge in [0.1, 0.15) is 0 Å². The summed E-state index contributed by atoms with van der Waals surface area (Å²) in [6, 6.07) is 0. The van der Waals surface area contributed by atoms with Gasteiger partial charge in [-0.15, -0.1) is 0 Å². The Morgan fingerprint density at radius 3 is 2.73 bits per heavy atom.